The quantitative estimate of drug-likeness (QED) is 0.754. The number of halogens is 1. The Hall–Kier alpha value is -1.98. The first kappa shape index (κ1) is 15.5. The third-order valence-electron chi connectivity index (χ3n) is 4.37. The lowest BCUT2D eigenvalue weighted by atomic mass is 10.2. The van der Waals surface area contributed by atoms with Crippen LogP contribution in [0.15, 0.2) is 48.5 Å². The number of imide groups is 1. The largest absolute Gasteiger partial charge is 0.333 e. The summed E-state index contributed by atoms with van der Waals surface area (Å²) in [5, 5.41) is 0.502. The first-order valence-electron chi connectivity index (χ1n) is 7.66. The molecule has 0 spiro atoms. The first-order chi connectivity index (χ1) is 11.6. The second kappa shape index (κ2) is 5.83. The second-order valence-electron chi connectivity index (χ2n) is 5.95. The first-order valence-corrected chi connectivity index (χ1v) is 9.09. The number of fused-ring (bicyclic) bond motifs is 1. The monoisotopic (exact) mass is 358 g/mol. The van der Waals surface area contributed by atoms with E-state index in [-0.39, 0.29) is 17.3 Å². The number of amides is 3. The van der Waals surface area contributed by atoms with Crippen LogP contribution in [0.4, 0.5) is 10.5 Å². The van der Waals surface area contributed by atoms with Gasteiger partial charge in [0.2, 0.25) is 0 Å². The maximum atomic E-state index is 12.9. The highest BCUT2D eigenvalue weighted by molar-refractivity contribution is 7.99. The molecule has 24 heavy (non-hydrogen) atoms. The predicted molar refractivity (Wildman–Crippen MR) is 96.3 cm³/mol. The molecule has 0 bridgehead atoms. The van der Waals surface area contributed by atoms with Crippen LogP contribution < -0.4 is 4.90 Å². The number of anilines is 1. The molecule has 122 valence electrons. The van der Waals surface area contributed by atoms with Gasteiger partial charge in [0, 0.05) is 10.8 Å². The zero-order chi connectivity index (χ0) is 16.8. The second-order valence-corrected chi connectivity index (χ2v) is 7.50. The van der Waals surface area contributed by atoms with Crippen molar-refractivity contribution >= 4 is 41.0 Å². The number of urea groups is 1. The molecule has 0 saturated carbocycles. The number of thioether (sulfide) groups is 1. The fraction of sp³-hybridized carbons (Fsp3) is 0.222. The van der Waals surface area contributed by atoms with Crippen molar-refractivity contribution in [1.29, 1.82) is 0 Å². The van der Waals surface area contributed by atoms with Crippen LogP contribution in [0, 0.1) is 6.92 Å². The van der Waals surface area contributed by atoms with Crippen LogP contribution in [0.25, 0.3) is 0 Å². The van der Waals surface area contributed by atoms with E-state index >= 15 is 0 Å². The summed E-state index contributed by atoms with van der Waals surface area (Å²) in [5.74, 6) is 0.466. The minimum absolute atomic E-state index is 0.146. The molecule has 2 aromatic rings. The van der Waals surface area contributed by atoms with Gasteiger partial charge in [-0.05, 0) is 36.8 Å². The van der Waals surface area contributed by atoms with Crippen molar-refractivity contribution in [2.24, 2.45) is 0 Å². The van der Waals surface area contributed by atoms with Gasteiger partial charge < -0.3 is 0 Å². The topological polar surface area (TPSA) is 40.6 Å². The van der Waals surface area contributed by atoms with Crippen molar-refractivity contribution in [3.63, 3.8) is 0 Å². The molecule has 4 nitrogen and oxygen atoms in total. The smallest absolute Gasteiger partial charge is 0.295 e. The van der Waals surface area contributed by atoms with Gasteiger partial charge in [0.05, 0.1) is 5.69 Å². The fourth-order valence-corrected chi connectivity index (χ4v) is 4.65. The van der Waals surface area contributed by atoms with Crippen LogP contribution in [0.3, 0.4) is 0 Å². The summed E-state index contributed by atoms with van der Waals surface area (Å²) in [6, 6.07) is 14.2. The third kappa shape index (κ3) is 2.39. The summed E-state index contributed by atoms with van der Waals surface area (Å²) >= 11 is 7.56. The normalized spacial score (nSPS) is 23.1. The van der Waals surface area contributed by atoms with Crippen molar-refractivity contribution < 1.29 is 9.59 Å². The number of nitrogens with zero attached hydrogens (tertiary/aromatic N) is 2. The molecule has 0 aromatic heterocycles. The van der Waals surface area contributed by atoms with Crippen LogP contribution in [0.5, 0.6) is 0 Å². The molecule has 2 aliphatic rings. The average Bonchev–Trinajstić information content (AvgIpc) is 3.11. The minimum Gasteiger partial charge on any atom is -0.295 e. The predicted octanol–water partition coefficient (Wildman–Crippen LogP) is 4.23. The van der Waals surface area contributed by atoms with Gasteiger partial charge in [-0.1, -0.05) is 41.4 Å². The van der Waals surface area contributed by atoms with Gasteiger partial charge in [-0.2, -0.15) is 0 Å². The Bertz CT molecular complexity index is 807. The summed E-state index contributed by atoms with van der Waals surface area (Å²) < 4.78 is 0. The minimum atomic E-state index is -0.399. The SMILES string of the molecule is Cc1ccc(N2C(=O)C3CSC(c4ccc(Cl)cc4)N3C2=O)cc1. The highest BCUT2D eigenvalue weighted by Gasteiger charge is 2.53. The molecule has 4 rings (SSSR count). The molecule has 6 heteroatoms. The van der Waals surface area contributed by atoms with Crippen LogP contribution in [-0.2, 0) is 4.79 Å². The van der Waals surface area contributed by atoms with E-state index in [1.165, 1.54) is 4.90 Å². The zero-order valence-corrected chi connectivity index (χ0v) is 14.6. The van der Waals surface area contributed by atoms with Crippen LogP contribution in [0.2, 0.25) is 5.02 Å². The van der Waals surface area contributed by atoms with Crippen LogP contribution in [-0.4, -0.2) is 28.6 Å². The summed E-state index contributed by atoms with van der Waals surface area (Å²) in [6.07, 6.45) is 0. The molecule has 2 heterocycles. The van der Waals surface area contributed by atoms with Crippen LogP contribution >= 0.6 is 23.4 Å². The Morgan fingerprint density at radius 2 is 1.71 bits per heavy atom. The molecule has 0 N–H and O–H groups in total. The van der Waals surface area contributed by atoms with E-state index in [0.29, 0.717) is 16.5 Å². The van der Waals surface area contributed by atoms with Gasteiger partial charge in [0.15, 0.2) is 0 Å². The van der Waals surface area contributed by atoms with Gasteiger partial charge in [0.1, 0.15) is 11.4 Å². The van der Waals surface area contributed by atoms with Crippen molar-refractivity contribution in [3.8, 4) is 0 Å². The molecule has 2 aliphatic heterocycles. The molecule has 3 amide bonds. The summed E-state index contributed by atoms with van der Waals surface area (Å²) in [6.45, 7) is 1.98. The van der Waals surface area contributed by atoms with E-state index in [1.807, 2.05) is 55.5 Å². The van der Waals surface area contributed by atoms with E-state index in [0.717, 1.165) is 11.1 Å². The summed E-state index contributed by atoms with van der Waals surface area (Å²) in [4.78, 5) is 28.7. The third-order valence-corrected chi connectivity index (χ3v) is 5.94. The summed E-state index contributed by atoms with van der Waals surface area (Å²) in [5.41, 5.74) is 2.71. The van der Waals surface area contributed by atoms with E-state index in [4.69, 9.17) is 11.6 Å². The average molecular weight is 359 g/mol. The number of carbonyl (C=O) groups is 2. The molecular weight excluding hydrogens is 344 g/mol. The molecule has 2 saturated heterocycles. The standard InChI is InChI=1S/C18H15ClN2O2S/c1-11-2-8-14(9-3-11)20-16(22)15-10-24-17(21(15)18(20)23)12-4-6-13(19)7-5-12/h2-9,15,17H,10H2,1H3. The highest BCUT2D eigenvalue weighted by Crippen LogP contribution is 2.46. The molecular formula is C18H15ClN2O2S. The van der Waals surface area contributed by atoms with Gasteiger partial charge in [0.25, 0.3) is 5.91 Å². The number of hydrogen-bond donors (Lipinski definition) is 0. The Labute approximate surface area is 149 Å². The van der Waals surface area contributed by atoms with Crippen molar-refractivity contribution in [1.82, 2.24) is 4.90 Å². The van der Waals surface area contributed by atoms with Gasteiger partial charge in [-0.3, -0.25) is 9.69 Å². The number of carbonyl (C=O) groups excluding carboxylic acids is 2. The van der Waals surface area contributed by atoms with Gasteiger partial charge in [-0.15, -0.1) is 11.8 Å². The fourth-order valence-electron chi connectivity index (χ4n) is 3.10. The Morgan fingerprint density at radius 3 is 2.38 bits per heavy atom. The van der Waals surface area contributed by atoms with Crippen molar-refractivity contribution in [2.45, 2.75) is 18.3 Å². The lowest BCUT2D eigenvalue weighted by Crippen LogP contribution is -2.33. The van der Waals surface area contributed by atoms with E-state index in [2.05, 4.69) is 0 Å². The molecule has 2 unspecified atom stereocenters. The van der Waals surface area contributed by atoms with Gasteiger partial charge in [-0.25, -0.2) is 9.69 Å². The molecule has 0 radical (unpaired) electrons. The number of hydrogen-bond acceptors (Lipinski definition) is 3. The van der Waals surface area contributed by atoms with E-state index < -0.39 is 6.04 Å². The Morgan fingerprint density at radius 1 is 1.04 bits per heavy atom. The maximum absolute atomic E-state index is 12.9. The van der Waals surface area contributed by atoms with Crippen molar-refractivity contribution in [3.05, 3.63) is 64.7 Å². The highest BCUT2D eigenvalue weighted by atomic mass is 35.5. The molecule has 2 atom stereocenters. The molecule has 0 aliphatic carbocycles. The Kier molecular flexibility index (Phi) is 3.77. The van der Waals surface area contributed by atoms with E-state index in [9.17, 15) is 9.59 Å². The zero-order valence-electron chi connectivity index (χ0n) is 13.0. The van der Waals surface area contributed by atoms with Crippen molar-refractivity contribution in [2.75, 3.05) is 10.7 Å². The van der Waals surface area contributed by atoms with E-state index in [1.54, 1.807) is 16.7 Å². The summed E-state index contributed by atoms with van der Waals surface area (Å²) in [7, 11) is 0. The number of benzene rings is 2. The van der Waals surface area contributed by atoms with Gasteiger partial charge >= 0.3 is 6.03 Å². The molecule has 2 fully saturated rings. The Balaban J connectivity index is 1.67. The van der Waals surface area contributed by atoms with Crippen LogP contribution in [0.1, 0.15) is 16.5 Å². The lowest BCUT2D eigenvalue weighted by Gasteiger charge is -2.23. The maximum Gasteiger partial charge on any atom is 0.333 e. The number of aryl methyl sites for hydroxylation is 1. The number of rotatable bonds is 2. The lowest BCUT2D eigenvalue weighted by molar-refractivity contribution is -0.119. The molecule has 2 aromatic carbocycles.